The lowest BCUT2D eigenvalue weighted by Crippen LogP contribution is -2.34. The lowest BCUT2D eigenvalue weighted by atomic mass is 10.0. The minimum Gasteiger partial charge on any atom is -0.478 e. The van der Waals surface area contributed by atoms with Crippen LogP contribution in [0.25, 0.3) is 0 Å². The van der Waals surface area contributed by atoms with Crippen molar-refractivity contribution in [2.24, 2.45) is 11.7 Å². The van der Waals surface area contributed by atoms with E-state index in [4.69, 9.17) is 10.8 Å². The van der Waals surface area contributed by atoms with E-state index in [1.54, 1.807) is 6.92 Å². The number of hydrogen-bond donors (Lipinski definition) is 3. The molecule has 5 nitrogen and oxygen atoms in total. The maximum atomic E-state index is 12.6. The van der Waals surface area contributed by atoms with Crippen LogP contribution in [0.4, 0.5) is 18.9 Å². The van der Waals surface area contributed by atoms with Crippen molar-refractivity contribution in [1.29, 1.82) is 0 Å². The Morgan fingerprint density at radius 2 is 1.86 bits per heavy atom. The molecule has 0 aliphatic rings. The molecule has 116 valence electrons. The highest BCUT2D eigenvalue weighted by Gasteiger charge is 2.32. The molecule has 4 N–H and O–H groups in total. The molecule has 2 unspecified atom stereocenters. The molecule has 2 atom stereocenters. The quantitative estimate of drug-likeness (QED) is 0.796. The number of alkyl halides is 3. The lowest BCUT2D eigenvalue weighted by molar-refractivity contribution is -0.137. The zero-order valence-corrected chi connectivity index (χ0v) is 11.4. The molecule has 1 rings (SSSR count). The van der Waals surface area contributed by atoms with Gasteiger partial charge in [-0.05, 0) is 25.1 Å². The second-order valence-electron chi connectivity index (χ2n) is 4.70. The molecule has 1 aromatic rings. The van der Waals surface area contributed by atoms with Crippen molar-refractivity contribution in [3.63, 3.8) is 0 Å². The summed E-state index contributed by atoms with van der Waals surface area (Å²) in [6, 6.07) is 1.62. The maximum absolute atomic E-state index is 12.6. The number of hydrogen-bond acceptors (Lipinski definition) is 3. The van der Waals surface area contributed by atoms with Gasteiger partial charge in [-0.2, -0.15) is 13.2 Å². The molecule has 0 saturated heterocycles. The fourth-order valence-corrected chi connectivity index (χ4v) is 1.49. The third kappa shape index (κ3) is 4.19. The number of carboxylic acid groups (broad SMARTS) is 1. The molecule has 0 aliphatic heterocycles. The molecule has 0 bridgehead atoms. The number of rotatable bonds is 4. The van der Waals surface area contributed by atoms with E-state index >= 15 is 0 Å². The average Bonchev–Trinajstić information content (AvgIpc) is 2.36. The Bertz CT molecular complexity index is 556. The summed E-state index contributed by atoms with van der Waals surface area (Å²) in [6.45, 7) is 3.12. The highest BCUT2D eigenvalue weighted by atomic mass is 19.4. The Morgan fingerprint density at radius 1 is 1.29 bits per heavy atom. The van der Waals surface area contributed by atoms with Crippen LogP contribution in [-0.4, -0.2) is 23.0 Å². The summed E-state index contributed by atoms with van der Waals surface area (Å²) in [5.74, 6) is -2.74. The molecule has 1 aromatic carbocycles. The predicted molar refractivity (Wildman–Crippen MR) is 69.8 cm³/mol. The van der Waals surface area contributed by atoms with Crippen molar-refractivity contribution in [3.05, 3.63) is 29.3 Å². The van der Waals surface area contributed by atoms with Crippen molar-refractivity contribution in [1.82, 2.24) is 0 Å². The third-order valence-corrected chi connectivity index (χ3v) is 3.04. The van der Waals surface area contributed by atoms with Gasteiger partial charge in [0.15, 0.2) is 0 Å². The van der Waals surface area contributed by atoms with E-state index in [9.17, 15) is 22.8 Å². The molecule has 0 aromatic heterocycles. The van der Waals surface area contributed by atoms with Crippen LogP contribution in [-0.2, 0) is 11.0 Å². The Morgan fingerprint density at radius 3 is 2.29 bits per heavy atom. The largest absolute Gasteiger partial charge is 0.478 e. The zero-order valence-electron chi connectivity index (χ0n) is 11.4. The number of carbonyl (C=O) groups is 2. The zero-order chi connectivity index (χ0) is 16.4. The van der Waals surface area contributed by atoms with E-state index in [1.165, 1.54) is 6.92 Å². The molecule has 0 spiro atoms. The van der Waals surface area contributed by atoms with Crippen LogP contribution in [0, 0.1) is 5.92 Å². The summed E-state index contributed by atoms with van der Waals surface area (Å²) in [7, 11) is 0. The molecule has 0 radical (unpaired) electrons. The van der Waals surface area contributed by atoms with Gasteiger partial charge in [0.05, 0.1) is 22.7 Å². The van der Waals surface area contributed by atoms with Gasteiger partial charge in [0.1, 0.15) is 0 Å². The van der Waals surface area contributed by atoms with Gasteiger partial charge in [-0.1, -0.05) is 6.92 Å². The van der Waals surface area contributed by atoms with Crippen LogP contribution >= 0.6 is 0 Å². The number of carboxylic acids is 1. The van der Waals surface area contributed by atoms with Crippen molar-refractivity contribution in [2.75, 3.05) is 5.32 Å². The number of nitrogens with one attached hydrogen (secondary N) is 1. The Hall–Kier alpha value is -2.09. The van der Waals surface area contributed by atoms with Crippen molar-refractivity contribution < 1.29 is 27.9 Å². The van der Waals surface area contributed by atoms with Crippen LogP contribution in [0.2, 0.25) is 0 Å². The minimum absolute atomic E-state index is 0.201. The summed E-state index contributed by atoms with van der Waals surface area (Å²) in [5.41, 5.74) is 3.61. The van der Waals surface area contributed by atoms with E-state index in [1.807, 2.05) is 0 Å². The second kappa shape index (κ2) is 6.13. The van der Waals surface area contributed by atoms with Crippen molar-refractivity contribution in [3.8, 4) is 0 Å². The van der Waals surface area contributed by atoms with Crippen LogP contribution in [0.1, 0.15) is 29.8 Å². The van der Waals surface area contributed by atoms with Gasteiger partial charge in [0.2, 0.25) is 5.91 Å². The van der Waals surface area contributed by atoms with Crippen LogP contribution in [0.15, 0.2) is 18.2 Å². The second-order valence-corrected chi connectivity index (χ2v) is 4.70. The number of anilines is 1. The van der Waals surface area contributed by atoms with Gasteiger partial charge in [-0.25, -0.2) is 4.79 Å². The summed E-state index contributed by atoms with van der Waals surface area (Å²) < 4.78 is 37.7. The Kier molecular flexibility index (Phi) is 4.95. The number of carbonyl (C=O) groups excluding carboxylic acids is 1. The normalized spacial score (nSPS) is 14.4. The number of amides is 1. The highest BCUT2D eigenvalue weighted by Crippen LogP contribution is 2.32. The van der Waals surface area contributed by atoms with Gasteiger partial charge < -0.3 is 16.2 Å². The molecular formula is C13H15F3N2O3. The molecule has 0 aliphatic carbocycles. The lowest BCUT2D eigenvalue weighted by Gasteiger charge is -2.17. The first-order valence-electron chi connectivity index (χ1n) is 6.05. The molecular weight excluding hydrogens is 289 g/mol. The first-order chi connectivity index (χ1) is 9.54. The fourth-order valence-electron chi connectivity index (χ4n) is 1.49. The van der Waals surface area contributed by atoms with Crippen LogP contribution in [0.3, 0.4) is 0 Å². The first-order valence-corrected chi connectivity index (χ1v) is 6.05. The fraction of sp³-hybridized carbons (Fsp3) is 0.385. The van der Waals surface area contributed by atoms with Crippen molar-refractivity contribution >= 4 is 17.6 Å². The highest BCUT2D eigenvalue weighted by molar-refractivity contribution is 6.01. The van der Waals surface area contributed by atoms with Crippen LogP contribution in [0.5, 0.6) is 0 Å². The predicted octanol–water partition coefficient (Wildman–Crippen LogP) is 2.33. The van der Waals surface area contributed by atoms with Crippen LogP contribution < -0.4 is 11.1 Å². The van der Waals surface area contributed by atoms with Gasteiger partial charge >= 0.3 is 12.1 Å². The standard InChI is InChI=1S/C13H15F3N2O3/c1-6(7(2)17)11(19)18-10-4-3-8(13(14,15)16)5-9(10)12(20)21/h3-7H,17H2,1-2H3,(H,18,19)(H,20,21). The summed E-state index contributed by atoms with van der Waals surface area (Å²) in [4.78, 5) is 22.8. The minimum atomic E-state index is -4.66. The SMILES string of the molecule is CC(N)C(C)C(=O)Nc1ccc(C(F)(F)F)cc1C(=O)O. The summed E-state index contributed by atoms with van der Waals surface area (Å²) >= 11 is 0. The van der Waals surface area contributed by atoms with Gasteiger partial charge in [0.25, 0.3) is 0 Å². The third-order valence-electron chi connectivity index (χ3n) is 3.04. The van der Waals surface area contributed by atoms with E-state index in [0.29, 0.717) is 12.1 Å². The topological polar surface area (TPSA) is 92.4 Å². The number of benzene rings is 1. The summed E-state index contributed by atoms with van der Waals surface area (Å²) in [5, 5.41) is 11.3. The molecule has 0 saturated carbocycles. The molecule has 0 fully saturated rings. The average molecular weight is 304 g/mol. The molecule has 8 heteroatoms. The number of halogens is 3. The van der Waals surface area contributed by atoms with Gasteiger partial charge in [-0.3, -0.25) is 4.79 Å². The smallest absolute Gasteiger partial charge is 0.416 e. The molecule has 0 heterocycles. The monoisotopic (exact) mass is 304 g/mol. The van der Waals surface area contributed by atoms with Crippen molar-refractivity contribution in [2.45, 2.75) is 26.1 Å². The van der Waals surface area contributed by atoms with E-state index in [0.717, 1.165) is 6.07 Å². The Labute approximate surface area is 118 Å². The first kappa shape index (κ1) is 17.0. The maximum Gasteiger partial charge on any atom is 0.416 e. The Balaban J connectivity index is 3.14. The van der Waals surface area contributed by atoms with E-state index in [-0.39, 0.29) is 5.69 Å². The van der Waals surface area contributed by atoms with E-state index in [2.05, 4.69) is 5.32 Å². The molecule has 21 heavy (non-hydrogen) atoms. The van der Waals surface area contributed by atoms with E-state index < -0.39 is 41.1 Å². The molecule has 1 amide bonds. The summed E-state index contributed by atoms with van der Waals surface area (Å²) in [6.07, 6.45) is -4.66. The van der Waals surface area contributed by atoms with Gasteiger partial charge in [0, 0.05) is 6.04 Å². The number of aromatic carboxylic acids is 1. The number of nitrogens with two attached hydrogens (primary N) is 1. The van der Waals surface area contributed by atoms with Gasteiger partial charge in [-0.15, -0.1) is 0 Å².